The van der Waals surface area contributed by atoms with E-state index in [0.717, 1.165) is 0 Å². The van der Waals surface area contributed by atoms with E-state index in [1.807, 2.05) is 0 Å². The predicted octanol–water partition coefficient (Wildman–Crippen LogP) is 3.46. The van der Waals surface area contributed by atoms with Crippen molar-refractivity contribution in [1.29, 1.82) is 0 Å². The second-order valence-electron chi connectivity index (χ2n) is 6.30. The molecule has 0 aliphatic carbocycles. The number of hydrogen-bond donors (Lipinski definition) is 0. The number of rotatable bonds is 1. The van der Waals surface area contributed by atoms with E-state index in [4.69, 9.17) is 0 Å². The molecule has 0 N–H and O–H groups in total. The Morgan fingerprint density at radius 3 is 1.94 bits per heavy atom. The molecule has 0 nitrogen and oxygen atoms in total. The molecule has 1 rings (SSSR count). The highest BCUT2D eigenvalue weighted by atomic mass is 28.3. The molecule has 86 valence electrons. The molecular formula is C14H22Si2. The van der Waals surface area contributed by atoms with E-state index in [1.165, 1.54) is 10.8 Å². The third-order valence-electron chi connectivity index (χ3n) is 2.31. The first kappa shape index (κ1) is 13.3. The van der Waals surface area contributed by atoms with Crippen LogP contribution in [-0.4, -0.2) is 16.1 Å². The molecule has 0 saturated carbocycles. The maximum Gasteiger partial charge on any atom is 0.129 e. The molecule has 0 aliphatic heterocycles. The van der Waals surface area contributed by atoms with Crippen LogP contribution in [0.5, 0.6) is 0 Å². The van der Waals surface area contributed by atoms with Crippen molar-refractivity contribution < 1.29 is 0 Å². The Morgan fingerprint density at radius 2 is 1.44 bits per heavy atom. The lowest BCUT2D eigenvalue weighted by molar-refractivity contribution is 1.63. The van der Waals surface area contributed by atoms with Gasteiger partial charge in [-0.05, 0) is 11.3 Å². The minimum absolute atomic E-state index is 1.25. The van der Waals surface area contributed by atoms with Gasteiger partial charge >= 0.3 is 0 Å². The van der Waals surface area contributed by atoms with E-state index < -0.39 is 16.1 Å². The summed E-state index contributed by atoms with van der Waals surface area (Å²) in [4.78, 5) is 0. The molecule has 0 bridgehead atoms. The molecule has 0 aromatic heterocycles. The van der Waals surface area contributed by atoms with Crippen LogP contribution in [0.2, 0.25) is 39.3 Å². The molecule has 0 radical (unpaired) electrons. The SMILES string of the molecule is C[Si](C)(C)C#Cc1ccccc1[Si](C)(C)C. The minimum atomic E-state index is -1.27. The van der Waals surface area contributed by atoms with E-state index in [-0.39, 0.29) is 0 Å². The molecule has 1 aromatic carbocycles. The minimum Gasteiger partial charge on any atom is -0.127 e. The molecular weight excluding hydrogens is 224 g/mol. The molecule has 1 aromatic rings. The summed E-state index contributed by atoms with van der Waals surface area (Å²) in [5, 5.41) is 1.49. The van der Waals surface area contributed by atoms with E-state index in [9.17, 15) is 0 Å². The zero-order valence-electron chi connectivity index (χ0n) is 11.3. The highest BCUT2D eigenvalue weighted by molar-refractivity contribution is 6.89. The first-order valence-corrected chi connectivity index (χ1v) is 12.8. The fraction of sp³-hybridized carbons (Fsp3) is 0.429. The van der Waals surface area contributed by atoms with E-state index >= 15 is 0 Å². The van der Waals surface area contributed by atoms with E-state index in [2.05, 4.69) is 75.0 Å². The summed E-state index contributed by atoms with van der Waals surface area (Å²) in [5.41, 5.74) is 4.72. The second-order valence-corrected chi connectivity index (χ2v) is 16.1. The van der Waals surface area contributed by atoms with Gasteiger partial charge in [0, 0.05) is 5.56 Å². The van der Waals surface area contributed by atoms with Crippen LogP contribution in [0.25, 0.3) is 0 Å². The topological polar surface area (TPSA) is 0 Å². The average Bonchev–Trinajstić information content (AvgIpc) is 2.12. The monoisotopic (exact) mass is 246 g/mol. The van der Waals surface area contributed by atoms with Gasteiger partial charge in [0.2, 0.25) is 0 Å². The lowest BCUT2D eigenvalue weighted by Gasteiger charge is -2.18. The average molecular weight is 247 g/mol. The van der Waals surface area contributed by atoms with Crippen LogP contribution in [-0.2, 0) is 0 Å². The lowest BCUT2D eigenvalue weighted by atomic mass is 10.2. The van der Waals surface area contributed by atoms with Crippen molar-refractivity contribution in [3.8, 4) is 11.5 Å². The predicted molar refractivity (Wildman–Crippen MR) is 79.6 cm³/mol. The van der Waals surface area contributed by atoms with Crippen molar-refractivity contribution in [3.05, 3.63) is 29.8 Å². The Hall–Kier alpha value is -0.786. The van der Waals surface area contributed by atoms with E-state index in [0.29, 0.717) is 0 Å². The van der Waals surface area contributed by atoms with Crippen LogP contribution >= 0.6 is 0 Å². The van der Waals surface area contributed by atoms with Crippen LogP contribution in [0, 0.1) is 11.5 Å². The van der Waals surface area contributed by atoms with Crippen LogP contribution in [0.15, 0.2) is 24.3 Å². The number of hydrogen-bond acceptors (Lipinski definition) is 0. The van der Waals surface area contributed by atoms with Crippen molar-refractivity contribution in [3.63, 3.8) is 0 Å². The molecule has 0 amide bonds. The summed E-state index contributed by atoms with van der Waals surface area (Å²) in [5.74, 6) is 3.41. The third-order valence-corrected chi connectivity index (χ3v) is 5.23. The van der Waals surface area contributed by atoms with Crippen LogP contribution in [0.3, 0.4) is 0 Å². The summed E-state index contributed by atoms with van der Waals surface area (Å²) in [6.45, 7) is 14.0. The molecule has 0 heterocycles. The Balaban J connectivity index is 3.19. The van der Waals surface area contributed by atoms with Gasteiger partial charge in [0.1, 0.15) is 8.07 Å². The van der Waals surface area contributed by atoms with Gasteiger partial charge in [0.15, 0.2) is 0 Å². The Morgan fingerprint density at radius 1 is 0.875 bits per heavy atom. The summed E-state index contributed by atoms with van der Waals surface area (Å²) in [6.07, 6.45) is 0. The fourth-order valence-corrected chi connectivity index (χ4v) is 3.56. The fourth-order valence-electron chi connectivity index (χ4n) is 1.50. The Bertz CT molecular complexity index is 423. The van der Waals surface area contributed by atoms with Crippen molar-refractivity contribution in [2.75, 3.05) is 0 Å². The maximum absolute atomic E-state index is 3.46. The zero-order chi connectivity index (χ0) is 12.4. The number of benzene rings is 1. The second kappa shape index (κ2) is 4.61. The molecule has 16 heavy (non-hydrogen) atoms. The molecule has 0 aliphatic rings. The summed E-state index contributed by atoms with van der Waals surface area (Å²) >= 11 is 0. The van der Waals surface area contributed by atoms with Gasteiger partial charge in [-0.2, -0.15) is 0 Å². The first-order valence-electron chi connectivity index (χ1n) is 5.83. The first-order chi connectivity index (χ1) is 7.20. The van der Waals surface area contributed by atoms with Crippen molar-refractivity contribution in [1.82, 2.24) is 0 Å². The van der Waals surface area contributed by atoms with Gasteiger partial charge in [-0.25, -0.2) is 0 Å². The van der Waals surface area contributed by atoms with Gasteiger partial charge in [0.25, 0.3) is 0 Å². The molecule has 0 atom stereocenters. The zero-order valence-corrected chi connectivity index (χ0v) is 13.3. The van der Waals surface area contributed by atoms with Gasteiger partial charge in [-0.1, -0.05) is 63.4 Å². The summed E-state index contributed by atoms with van der Waals surface area (Å²) < 4.78 is 0. The largest absolute Gasteiger partial charge is 0.129 e. The van der Waals surface area contributed by atoms with Gasteiger partial charge < -0.3 is 0 Å². The van der Waals surface area contributed by atoms with Crippen LogP contribution < -0.4 is 5.19 Å². The van der Waals surface area contributed by atoms with Crippen molar-refractivity contribution >= 4 is 21.3 Å². The Labute approximate surface area is 102 Å². The van der Waals surface area contributed by atoms with E-state index in [1.54, 1.807) is 0 Å². The molecule has 2 heteroatoms. The molecule has 0 unspecified atom stereocenters. The molecule has 0 saturated heterocycles. The van der Waals surface area contributed by atoms with Crippen molar-refractivity contribution in [2.24, 2.45) is 0 Å². The highest BCUT2D eigenvalue weighted by Gasteiger charge is 2.19. The standard InChI is InChI=1S/C14H22Si2/c1-15(2,3)12-11-13-9-7-8-10-14(13)16(4,5)6/h7-10H,1-6H3. The lowest BCUT2D eigenvalue weighted by Crippen LogP contribution is -2.39. The quantitative estimate of drug-likeness (QED) is 0.526. The Kier molecular flexibility index (Phi) is 3.82. The molecule has 0 fully saturated rings. The highest BCUT2D eigenvalue weighted by Crippen LogP contribution is 2.07. The summed E-state index contributed by atoms with van der Waals surface area (Å²) in [7, 11) is -2.53. The van der Waals surface area contributed by atoms with Gasteiger partial charge in [-0.3, -0.25) is 0 Å². The van der Waals surface area contributed by atoms with Crippen LogP contribution in [0.1, 0.15) is 5.56 Å². The smallest absolute Gasteiger partial charge is 0.127 e. The maximum atomic E-state index is 3.46. The van der Waals surface area contributed by atoms with Crippen molar-refractivity contribution in [2.45, 2.75) is 39.3 Å². The van der Waals surface area contributed by atoms with Gasteiger partial charge in [-0.15, -0.1) is 5.54 Å². The molecule has 0 spiro atoms. The third kappa shape index (κ3) is 3.99. The van der Waals surface area contributed by atoms with Crippen LogP contribution in [0.4, 0.5) is 0 Å². The van der Waals surface area contributed by atoms with Gasteiger partial charge in [0.05, 0.1) is 8.07 Å². The normalized spacial score (nSPS) is 11.9. The summed E-state index contributed by atoms with van der Waals surface area (Å²) in [6, 6.07) is 8.65.